The largest absolute Gasteiger partial charge is 0.303 e. The summed E-state index contributed by atoms with van der Waals surface area (Å²) in [5.74, 6) is 0.126. The third-order valence-corrected chi connectivity index (χ3v) is 16.6. The highest BCUT2D eigenvalue weighted by molar-refractivity contribution is 5.61. The number of rotatable bonds is 18. The molecular weight excluding hydrogens is 775 g/mol. The van der Waals surface area contributed by atoms with E-state index in [4.69, 9.17) is 0 Å². The van der Waals surface area contributed by atoms with Gasteiger partial charge >= 0.3 is 0 Å². The summed E-state index contributed by atoms with van der Waals surface area (Å²) in [4.78, 5) is 54.7. The summed E-state index contributed by atoms with van der Waals surface area (Å²) in [6, 6.07) is 4.46. The van der Waals surface area contributed by atoms with Gasteiger partial charge in [0, 0.05) is 62.4 Å². The maximum Gasteiger partial charge on any atom is 0.117 e. The molecule has 0 bridgehead atoms. The van der Waals surface area contributed by atoms with Gasteiger partial charge in [-0.3, -0.25) is 14.7 Å². The molecule has 0 amide bonds. The first-order chi connectivity index (χ1) is 30.4. The van der Waals surface area contributed by atoms with Crippen LogP contribution in [0.25, 0.3) is 0 Å². The molecule has 0 saturated carbocycles. The Balaban J connectivity index is 1.22. The van der Waals surface area contributed by atoms with Gasteiger partial charge in [0.1, 0.15) is 11.7 Å². The Kier molecular flexibility index (Phi) is 14.6. The number of hydrogen-bond acceptors (Lipinski definition) is 12. The molecule has 0 aromatic heterocycles. The molecule has 62 heavy (non-hydrogen) atoms. The van der Waals surface area contributed by atoms with Crippen LogP contribution >= 0.6 is 0 Å². The number of allylic oxidation sites excluding steroid dienone is 2. The summed E-state index contributed by atoms with van der Waals surface area (Å²) in [6.07, 6.45) is 20.8. The predicted molar refractivity (Wildman–Crippen MR) is 249 cm³/mol. The van der Waals surface area contributed by atoms with Crippen LogP contribution in [0.4, 0.5) is 5.69 Å². The van der Waals surface area contributed by atoms with E-state index in [1.807, 2.05) is 0 Å². The Morgan fingerprint density at radius 2 is 1.02 bits per heavy atom. The van der Waals surface area contributed by atoms with Crippen LogP contribution in [0.3, 0.4) is 0 Å². The molecule has 0 radical (unpaired) electrons. The van der Waals surface area contributed by atoms with Gasteiger partial charge in [0.25, 0.3) is 0 Å². The molecular formula is C50H75N9O3. The smallest absolute Gasteiger partial charge is 0.117 e. The molecule has 5 atom stereocenters. The van der Waals surface area contributed by atoms with Crippen molar-refractivity contribution in [3.05, 3.63) is 78.1 Å². The Bertz CT molecular complexity index is 1790. The summed E-state index contributed by atoms with van der Waals surface area (Å²) >= 11 is 0. The van der Waals surface area contributed by atoms with Crippen molar-refractivity contribution in [1.29, 1.82) is 0 Å². The van der Waals surface area contributed by atoms with Crippen LogP contribution in [0.5, 0.6) is 0 Å². The molecule has 9 rings (SSSR count). The minimum atomic E-state index is -0.560. The molecule has 1 aromatic rings. The van der Waals surface area contributed by atoms with Gasteiger partial charge in [-0.2, -0.15) is 4.91 Å². The molecule has 1 aromatic carbocycles. The van der Waals surface area contributed by atoms with E-state index >= 15 is 0 Å². The van der Waals surface area contributed by atoms with Gasteiger partial charge in [0.15, 0.2) is 0 Å². The van der Waals surface area contributed by atoms with E-state index in [9.17, 15) is 14.7 Å². The van der Waals surface area contributed by atoms with E-state index in [0.29, 0.717) is 5.69 Å². The minimum Gasteiger partial charge on any atom is -0.303 e. The van der Waals surface area contributed by atoms with Gasteiger partial charge in [-0.15, -0.1) is 9.81 Å². The maximum absolute atomic E-state index is 13.2. The highest BCUT2D eigenvalue weighted by atomic mass is 16.3. The SMILES string of the molecule is C[C@@](C1=CC(CN2CCCC2)=C(N=O)C(CN2CCCC2)C1)(C1=CC(CN2CCCC2)C(N=O)C(CN2CCCC2)C1)c1cc(CN2CCCC2)c(N=O)c(CN2CCCC2)c1. The van der Waals surface area contributed by atoms with Gasteiger partial charge < -0.3 is 14.7 Å². The number of nitroso groups, excluding NO2 is 3. The Hall–Kier alpha value is -3.00. The lowest BCUT2D eigenvalue weighted by Gasteiger charge is -2.45. The van der Waals surface area contributed by atoms with Gasteiger partial charge in [-0.05, 0) is 208 Å². The molecule has 6 aliphatic heterocycles. The second kappa shape index (κ2) is 20.4. The van der Waals surface area contributed by atoms with Crippen LogP contribution in [0.1, 0.15) is 114 Å². The first kappa shape index (κ1) is 44.2. The van der Waals surface area contributed by atoms with E-state index < -0.39 is 5.41 Å². The maximum atomic E-state index is 13.2. The van der Waals surface area contributed by atoms with Gasteiger partial charge in [-0.25, -0.2) is 0 Å². The van der Waals surface area contributed by atoms with Crippen molar-refractivity contribution in [1.82, 2.24) is 29.4 Å². The molecule has 0 N–H and O–H groups in total. The van der Waals surface area contributed by atoms with Crippen molar-refractivity contribution in [2.24, 2.45) is 33.3 Å². The lowest BCUT2D eigenvalue weighted by Crippen LogP contribution is -2.45. The zero-order chi connectivity index (χ0) is 42.5. The van der Waals surface area contributed by atoms with Gasteiger partial charge in [-0.1, -0.05) is 40.6 Å². The van der Waals surface area contributed by atoms with E-state index in [1.165, 1.54) is 93.8 Å². The van der Waals surface area contributed by atoms with Crippen molar-refractivity contribution in [2.75, 3.05) is 105 Å². The molecule has 8 aliphatic rings. The van der Waals surface area contributed by atoms with Crippen molar-refractivity contribution < 1.29 is 0 Å². The molecule has 0 spiro atoms. The summed E-state index contributed by atoms with van der Waals surface area (Å²) in [5.41, 5.74) is 7.94. The van der Waals surface area contributed by atoms with Crippen molar-refractivity contribution in [2.45, 2.75) is 121 Å². The molecule has 12 heteroatoms. The topological polar surface area (TPSA) is 108 Å². The zero-order valence-corrected chi connectivity index (χ0v) is 38.0. The number of hydrogen-bond donors (Lipinski definition) is 0. The second-order valence-electron chi connectivity index (χ2n) is 20.8. The zero-order valence-electron chi connectivity index (χ0n) is 38.0. The summed E-state index contributed by atoms with van der Waals surface area (Å²) < 4.78 is 0. The number of likely N-dealkylation sites (tertiary alicyclic amines) is 6. The monoisotopic (exact) mass is 850 g/mol. The van der Waals surface area contributed by atoms with Crippen molar-refractivity contribution in [3.63, 3.8) is 0 Å². The van der Waals surface area contributed by atoms with Crippen molar-refractivity contribution >= 4 is 5.69 Å². The van der Waals surface area contributed by atoms with Crippen LogP contribution in [0.15, 0.2) is 62.2 Å². The quantitative estimate of drug-likeness (QED) is 0.106. The van der Waals surface area contributed by atoms with Gasteiger partial charge in [0.05, 0.1) is 5.70 Å². The number of nitrogens with zero attached hydrogens (tertiary/aromatic N) is 9. The lowest BCUT2D eigenvalue weighted by atomic mass is 9.60. The average molecular weight is 850 g/mol. The average Bonchev–Trinajstić information content (AvgIpc) is 4.13. The summed E-state index contributed by atoms with van der Waals surface area (Å²) in [7, 11) is 0. The second-order valence-corrected chi connectivity index (χ2v) is 20.8. The van der Waals surface area contributed by atoms with Crippen molar-refractivity contribution in [3.8, 4) is 0 Å². The van der Waals surface area contributed by atoms with Crippen LogP contribution in [-0.2, 0) is 18.5 Å². The Morgan fingerprint density at radius 3 is 1.50 bits per heavy atom. The predicted octanol–water partition coefficient (Wildman–Crippen LogP) is 8.58. The lowest BCUT2D eigenvalue weighted by molar-refractivity contribution is 0.189. The first-order valence-corrected chi connectivity index (χ1v) is 25.1. The Labute approximate surface area is 371 Å². The molecule has 4 unspecified atom stereocenters. The highest BCUT2D eigenvalue weighted by Crippen LogP contribution is 2.52. The van der Waals surface area contributed by atoms with Gasteiger partial charge in [0.2, 0.25) is 0 Å². The molecule has 6 saturated heterocycles. The third kappa shape index (κ3) is 9.81. The normalized spacial score (nSPS) is 29.8. The molecule has 6 fully saturated rings. The first-order valence-electron chi connectivity index (χ1n) is 25.1. The summed E-state index contributed by atoms with van der Waals surface area (Å²) in [6.45, 7) is 20.0. The molecule has 12 nitrogen and oxygen atoms in total. The summed E-state index contributed by atoms with van der Waals surface area (Å²) in [5, 5.41) is 11.8. The fourth-order valence-corrected chi connectivity index (χ4v) is 13.1. The van der Waals surface area contributed by atoms with E-state index in [-0.39, 0.29) is 23.8 Å². The molecule has 338 valence electrons. The van der Waals surface area contributed by atoms with Crippen LogP contribution in [0.2, 0.25) is 0 Å². The molecule has 2 aliphatic carbocycles. The molecule has 6 heterocycles. The third-order valence-electron chi connectivity index (χ3n) is 16.6. The fraction of sp³-hybridized carbons (Fsp3) is 0.760. The van der Waals surface area contributed by atoms with Crippen LogP contribution in [0, 0.1) is 32.5 Å². The van der Waals surface area contributed by atoms with Crippen LogP contribution < -0.4 is 0 Å². The van der Waals surface area contributed by atoms with E-state index in [2.05, 4.69) is 76.1 Å². The minimum absolute atomic E-state index is 0.000887. The van der Waals surface area contributed by atoms with E-state index in [1.54, 1.807) is 0 Å². The van der Waals surface area contributed by atoms with E-state index in [0.717, 1.165) is 153 Å². The Morgan fingerprint density at radius 1 is 0.548 bits per heavy atom. The van der Waals surface area contributed by atoms with Crippen LogP contribution in [-0.4, -0.2) is 140 Å². The highest BCUT2D eigenvalue weighted by Gasteiger charge is 2.46. The fourth-order valence-electron chi connectivity index (χ4n) is 13.1. The standard InChI is InChI=1S/C50H75N9O3/c1-50(44-26-38(32-54-14-2-3-15-54)47(51-60)39(27-44)33-55-16-4-5-17-55,45-28-40(34-56-18-6-7-19-56)48(52-61)41(29-45)35-57-20-8-9-21-57)46-30-42(36-58-22-10-11-23-58)49(53-62)43(31-46)37-59-24-12-13-25-59/h26-28,30,40-41,43,48H,2-25,29,31-37H2,1H3/t40?,41?,43?,48?,50-/m0/s1. The number of benzene rings is 1.